The number of aryl methyl sites for hydroxylation is 1. The van der Waals surface area contributed by atoms with Crippen LogP contribution in [0.4, 0.5) is 5.00 Å². The normalized spacial score (nSPS) is 14.1. The van der Waals surface area contributed by atoms with E-state index in [1.165, 1.54) is 23.7 Å². The second-order valence-electron chi connectivity index (χ2n) is 4.57. The molecule has 1 N–H and O–H groups in total. The molecule has 5 nitrogen and oxygen atoms in total. The van der Waals surface area contributed by atoms with Gasteiger partial charge in [-0.05, 0) is 55.1 Å². The zero-order valence-electron chi connectivity index (χ0n) is 10.9. The Bertz CT molecular complexity index is 721. The monoisotopic (exact) mass is 310 g/mol. The van der Waals surface area contributed by atoms with Crippen LogP contribution in [0.1, 0.15) is 17.7 Å². The largest absolute Gasteiger partial charge is 0.497 e. The molecule has 0 fully saturated rings. The van der Waals surface area contributed by atoms with Crippen LogP contribution >= 0.6 is 11.5 Å². The fraction of sp³-hybridized carbons (Fsp3) is 0.308. The maximum Gasteiger partial charge on any atom is 0.262 e. The lowest BCUT2D eigenvalue weighted by Gasteiger charge is -2.07. The molecule has 106 valence electrons. The number of nitrogens with one attached hydrogen (secondary N) is 1. The van der Waals surface area contributed by atoms with Gasteiger partial charge in [0.2, 0.25) is 0 Å². The molecule has 20 heavy (non-hydrogen) atoms. The molecule has 0 unspecified atom stereocenters. The molecule has 0 spiro atoms. The third kappa shape index (κ3) is 2.38. The van der Waals surface area contributed by atoms with E-state index in [9.17, 15) is 8.42 Å². The van der Waals surface area contributed by atoms with Gasteiger partial charge in [0, 0.05) is 5.56 Å². The van der Waals surface area contributed by atoms with E-state index in [1.54, 1.807) is 19.2 Å². The third-order valence-electron chi connectivity index (χ3n) is 3.31. The molecule has 0 saturated heterocycles. The van der Waals surface area contributed by atoms with Crippen molar-refractivity contribution in [3.8, 4) is 5.75 Å². The highest BCUT2D eigenvalue weighted by atomic mass is 32.2. The summed E-state index contributed by atoms with van der Waals surface area (Å²) in [6.45, 7) is 0. The molecular formula is C13H14N2O3S2. The number of anilines is 1. The predicted molar refractivity (Wildman–Crippen MR) is 77.9 cm³/mol. The molecule has 1 aliphatic rings. The number of methoxy groups -OCH3 is 1. The van der Waals surface area contributed by atoms with E-state index in [0.717, 1.165) is 30.5 Å². The minimum atomic E-state index is -3.56. The van der Waals surface area contributed by atoms with E-state index < -0.39 is 10.0 Å². The summed E-state index contributed by atoms with van der Waals surface area (Å²) in [4.78, 5) is 0.221. The maximum absolute atomic E-state index is 12.3. The quantitative estimate of drug-likeness (QED) is 0.942. The summed E-state index contributed by atoms with van der Waals surface area (Å²) in [5.41, 5.74) is 2.08. The van der Waals surface area contributed by atoms with Gasteiger partial charge in [-0.25, -0.2) is 8.42 Å². The number of fused-ring (bicyclic) bond motifs is 1. The Morgan fingerprint density at radius 2 is 2.00 bits per heavy atom. The summed E-state index contributed by atoms with van der Waals surface area (Å²) in [7, 11) is -2.02. The Kier molecular flexibility index (Phi) is 3.39. The summed E-state index contributed by atoms with van der Waals surface area (Å²) in [6, 6.07) is 6.32. The van der Waals surface area contributed by atoms with Gasteiger partial charge in [-0.3, -0.25) is 4.72 Å². The summed E-state index contributed by atoms with van der Waals surface area (Å²) in [6.07, 6.45) is 2.88. The molecule has 2 aromatic rings. The van der Waals surface area contributed by atoms with Gasteiger partial charge in [-0.2, -0.15) is 4.37 Å². The first-order valence-corrected chi connectivity index (χ1v) is 8.50. The first-order valence-electron chi connectivity index (χ1n) is 6.24. The molecule has 3 rings (SSSR count). The highest BCUT2D eigenvalue weighted by Crippen LogP contribution is 2.33. The van der Waals surface area contributed by atoms with Crippen LogP contribution < -0.4 is 9.46 Å². The maximum atomic E-state index is 12.3. The lowest BCUT2D eigenvalue weighted by atomic mass is 10.3. The Morgan fingerprint density at radius 3 is 2.70 bits per heavy atom. The summed E-state index contributed by atoms with van der Waals surface area (Å²) in [5.74, 6) is 0.627. The molecule has 0 aliphatic heterocycles. The van der Waals surface area contributed by atoms with Crippen molar-refractivity contribution in [2.45, 2.75) is 24.2 Å². The number of rotatable bonds is 4. The van der Waals surface area contributed by atoms with Crippen LogP contribution in [0.15, 0.2) is 29.2 Å². The molecule has 1 aromatic carbocycles. The van der Waals surface area contributed by atoms with Crippen molar-refractivity contribution in [1.82, 2.24) is 4.37 Å². The molecule has 0 atom stereocenters. The van der Waals surface area contributed by atoms with E-state index >= 15 is 0 Å². The average Bonchev–Trinajstić information content (AvgIpc) is 3.04. The van der Waals surface area contributed by atoms with Crippen molar-refractivity contribution in [1.29, 1.82) is 0 Å². The van der Waals surface area contributed by atoms with Gasteiger partial charge in [-0.1, -0.05) is 0 Å². The number of hydrogen-bond donors (Lipinski definition) is 1. The van der Waals surface area contributed by atoms with Crippen molar-refractivity contribution < 1.29 is 13.2 Å². The molecular weight excluding hydrogens is 296 g/mol. The fourth-order valence-corrected chi connectivity index (χ4v) is 4.44. The summed E-state index contributed by atoms with van der Waals surface area (Å²) < 4.78 is 36.6. The molecule has 7 heteroatoms. The van der Waals surface area contributed by atoms with Crippen molar-refractivity contribution >= 4 is 26.6 Å². The minimum Gasteiger partial charge on any atom is -0.497 e. The van der Waals surface area contributed by atoms with E-state index in [4.69, 9.17) is 4.74 Å². The highest BCUT2D eigenvalue weighted by molar-refractivity contribution is 7.93. The van der Waals surface area contributed by atoms with Crippen LogP contribution in [0.2, 0.25) is 0 Å². The van der Waals surface area contributed by atoms with Crippen molar-refractivity contribution in [3.63, 3.8) is 0 Å². The van der Waals surface area contributed by atoms with Crippen molar-refractivity contribution in [2.24, 2.45) is 0 Å². The van der Waals surface area contributed by atoms with Gasteiger partial charge in [-0.15, -0.1) is 0 Å². The standard InChI is InChI=1S/C13H14N2O3S2/c1-18-9-5-7-10(8-6-9)20(16,17)15-13-11-3-2-4-12(11)14-19-13/h5-8,15H,2-4H2,1H3. The van der Waals surface area contributed by atoms with Crippen LogP contribution in [0.5, 0.6) is 5.75 Å². The van der Waals surface area contributed by atoms with Gasteiger partial charge in [0.25, 0.3) is 10.0 Å². The molecule has 0 radical (unpaired) electrons. The first-order chi connectivity index (χ1) is 9.60. The molecule has 0 amide bonds. The fourth-order valence-electron chi connectivity index (χ4n) is 2.25. The van der Waals surface area contributed by atoms with Crippen LogP contribution in [0.3, 0.4) is 0 Å². The van der Waals surface area contributed by atoms with Crippen LogP contribution in [0.25, 0.3) is 0 Å². The second kappa shape index (κ2) is 5.06. The Labute approximate surface area is 121 Å². The molecule has 1 aliphatic carbocycles. The van der Waals surface area contributed by atoms with Crippen molar-refractivity contribution in [2.75, 3.05) is 11.8 Å². The Balaban J connectivity index is 1.87. The molecule has 0 bridgehead atoms. The van der Waals surface area contributed by atoms with E-state index in [-0.39, 0.29) is 4.90 Å². The topological polar surface area (TPSA) is 68.3 Å². The average molecular weight is 310 g/mol. The Hall–Kier alpha value is -1.60. The highest BCUT2D eigenvalue weighted by Gasteiger charge is 2.23. The SMILES string of the molecule is COc1ccc(S(=O)(=O)Nc2snc3c2CCC3)cc1. The lowest BCUT2D eigenvalue weighted by molar-refractivity contribution is 0.414. The predicted octanol–water partition coefficient (Wildman–Crippen LogP) is 2.44. The van der Waals surface area contributed by atoms with Crippen LogP contribution in [-0.2, 0) is 22.9 Å². The zero-order valence-corrected chi connectivity index (χ0v) is 12.6. The molecule has 1 heterocycles. The van der Waals surface area contributed by atoms with Crippen LogP contribution in [0, 0.1) is 0 Å². The zero-order chi connectivity index (χ0) is 14.2. The number of ether oxygens (including phenoxy) is 1. The summed E-state index contributed by atoms with van der Waals surface area (Å²) in [5, 5.41) is 0.647. The minimum absolute atomic E-state index is 0.221. The van der Waals surface area contributed by atoms with E-state index in [2.05, 4.69) is 9.10 Å². The number of hydrogen-bond acceptors (Lipinski definition) is 5. The van der Waals surface area contributed by atoms with Gasteiger partial charge >= 0.3 is 0 Å². The van der Waals surface area contributed by atoms with Gasteiger partial charge in [0.05, 0.1) is 17.7 Å². The molecule has 1 aromatic heterocycles. The molecule has 0 saturated carbocycles. The number of benzene rings is 1. The van der Waals surface area contributed by atoms with Gasteiger partial charge < -0.3 is 4.74 Å². The lowest BCUT2D eigenvalue weighted by Crippen LogP contribution is -2.12. The van der Waals surface area contributed by atoms with Gasteiger partial charge in [0.1, 0.15) is 10.8 Å². The number of nitrogens with zero attached hydrogens (tertiary/aromatic N) is 1. The van der Waals surface area contributed by atoms with E-state index in [0.29, 0.717) is 10.8 Å². The van der Waals surface area contributed by atoms with Gasteiger partial charge in [0.15, 0.2) is 0 Å². The first kappa shape index (κ1) is 13.4. The van der Waals surface area contributed by atoms with Crippen LogP contribution in [-0.4, -0.2) is 19.9 Å². The Morgan fingerprint density at radius 1 is 1.25 bits per heavy atom. The smallest absolute Gasteiger partial charge is 0.262 e. The van der Waals surface area contributed by atoms with Crippen molar-refractivity contribution in [3.05, 3.63) is 35.5 Å². The number of sulfonamides is 1. The van der Waals surface area contributed by atoms with E-state index in [1.807, 2.05) is 0 Å². The third-order valence-corrected chi connectivity index (χ3v) is 5.64. The second-order valence-corrected chi connectivity index (χ2v) is 7.03. The number of aromatic nitrogens is 1. The summed E-state index contributed by atoms with van der Waals surface area (Å²) >= 11 is 1.22.